The van der Waals surface area contributed by atoms with Crippen LogP contribution in [0.3, 0.4) is 0 Å². The van der Waals surface area contributed by atoms with Crippen molar-refractivity contribution in [3.63, 3.8) is 0 Å². The number of rotatable bonds is 2. The molecule has 3 rings (SSSR count). The molecule has 0 aliphatic carbocycles. The highest BCUT2D eigenvalue weighted by atomic mass is 32.2. The van der Waals surface area contributed by atoms with Crippen molar-refractivity contribution in [2.75, 3.05) is 7.11 Å². The zero-order chi connectivity index (χ0) is 14.8. The fourth-order valence-corrected chi connectivity index (χ4v) is 3.66. The monoisotopic (exact) mass is 298 g/mol. The number of ether oxygens (including phenoxy) is 1. The summed E-state index contributed by atoms with van der Waals surface area (Å²) in [7, 11) is 1.37. The molecule has 0 spiro atoms. The minimum Gasteiger partial charge on any atom is -0.469 e. The van der Waals surface area contributed by atoms with E-state index >= 15 is 0 Å². The summed E-state index contributed by atoms with van der Waals surface area (Å²) in [6.45, 7) is 0. The largest absolute Gasteiger partial charge is 0.469 e. The first-order chi connectivity index (χ1) is 10.2. The van der Waals surface area contributed by atoms with Gasteiger partial charge in [0.1, 0.15) is 0 Å². The van der Waals surface area contributed by atoms with Gasteiger partial charge in [-0.3, -0.25) is 9.59 Å². The second-order valence-corrected chi connectivity index (χ2v) is 5.81. The summed E-state index contributed by atoms with van der Waals surface area (Å²) in [5.41, 5.74) is 3.31. The van der Waals surface area contributed by atoms with Crippen LogP contribution in [0.2, 0.25) is 0 Å². The summed E-state index contributed by atoms with van der Waals surface area (Å²) in [6.07, 6.45) is 0.191. The van der Waals surface area contributed by atoms with Crippen molar-refractivity contribution in [2.24, 2.45) is 0 Å². The highest BCUT2D eigenvalue weighted by molar-refractivity contribution is 7.98. The number of methoxy groups -OCH3 is 1. The van der Waals surface area contributed by atoms with E-state index in [9.17, 15) is 9.59 Å². The Morgan fingerprint density at radius 3 is 2.71 bits per heavy atom. The Bertz CT molecular complexity index is 722. The maximum Gasteiger partial charge on any atom is 0.310 e. The molecular formula is C17H14O3S. The van der Waals surface area contributed by atoms with Crippen LogP contribution in [0.25, 0.3) is 0 Å². The Morgan fingerprint density at radius 1 is 1.14 bits per heavy atom. The molecule has 0 atom stereocenters. The fourth-order valence-electron chi connectivity index (χ4n) is 2.46. The summed E-state index contributed by atoms with van der Waals surface area (Å²) in [5.74, 6) is 0.461. The van der Waals surface area contributed by atoms with Gasteiger partial charge in [-0.25, -0.2) is 0 Å². The second-order valence-electron chi connectivity index (χ2n) is 4.82. The van der Waals surface area contributed by atoms with E-state index in [1.54, 1.807) is 11.8 Å². The van der Waals surface area contributed by atoms with Crippen LogP contribution >= 0.6 is 11.8 Å². The van der Waals surface area contributed by atoms with Gasteiger partial charge < -0.3 is 4.74 Å². The van der Waals surface area contributed by atoms with Crippen molar-refractivity contribution in [3.8, 4) is 0 Å². The number of esters is 1. The summed E-state index contributed by atoms with van der Waals surface area (Å²) in [6, 6.07) is 13.2. The standard InChI is InChI=1S/C17H14O3S/c1-20-15(18)9-11-6-4-8-14-16(19)13-7-3-2-5-12(13)10-21-17(11)14/h2-8H,9-10H2,1H3. The van der Waals surface area contributed by atoms with Gasteiger partial charge in [0, 0.05) is 21.8 Å². The lowest BCUT2D eigenvalue weighted by atomic mass is 9.97. The average Bonchev–Trinajstić information content (AvgIpc) is 2.66. The van der Waals surface area contributed by atoms with Gasteiger partial charge in [0.05, 0.1) is 13.5 Å². The van der Waals surface area contributed by atoms with Crippen LogP contribution in [0.15, 0.2) is 47.4 Å². The molecule has 0 N–H and O–H groups in total. The van der Waals surface area contributed by atoms with Gasteiger partial charge in [-0.2, -0.15) is 0 Å². The van der Waals surface area contributed by atoms with Crippen LogP contribution in [0.4, 0.5) is 0 Å². The van der Waals surface area contributed by atoms with Gasteiger partial charge in [0.25, 0.3) is 0 Å². The van der Waals surface area contributed by atoms with Gasteiger partial charge in [-0.15, -0.1) is 11.8 Å². The lowest BCUT2D eigenvalue weighted by Crippen LogP contribution is -2.08. The molecule has 0 saturated carbocycles. The molecule has 0 aromatic heterocycles. The maximum absolute atomic E-state index is 12.7. The van der Waals surface area contributed by atoms with Crippen molar-refractivity contribution < 1.29 is 14.3 Å². The lowest BCUT2D eigenvalue weighted by molar-refractivity contribution is -0.139. The van der Waals surface area contributed by atoms with Crippen LogP contribution in [-0.4, -0.2) is 18.9 Å². The van der Waals surface area contributed by atoms with E-state index in [4.69, 9.17) is 4.74 Å². The molecule has 4 heteroatoms. The molecule has 0 bridgehead atoms. The predicted molar refractivity (Wildman–Crippen MR) is 81.6 cm³/mol. The highest BCUT2D eigenvalue weighted by Crippen LogP contribution is 2.36. The molecule has 1 aliphatic rings. The highest BCUT2D eigenvalue weighted by Gasteiger charge is 2.23. The molecule has 0 unspecified atom stereocenters. The third kappa shape index (κ3) is 2.59. The van der Waals surface area contributed by atoms with Crippen molar-refractivity contribution in [1.29, 1.82) is 0 Å². The van der Waals surface area contributed by atoms with E-state index < -0.39 is 0 Å². The van der Waals surface area contributed by atoms with Crippen LogP contribution in [-0.2, 0) is 21.7 Å². The van der Waals surface area contributed by atoms with E-state index in [0.717, 1.165) is 27.3 Å². The van der Waals surface area contributed by atoms with Crippen LogP contribution < -0.4 is 0 Å². The van der Waals surface area contributed by atoms with E-state index in [1.807, 2.05) is 42.5 Å². The van der Waals surface area contributed by atoms with Gasteiger partial charge in [-0.1, -0.05) is 36.4 Å². The number of carbonyl (C=O) groups is 2. The molecule has 0 saturated heterocycles. The zero-order valence-corrected chi connectivity index (χ0v) is 12.4. The van der Waals surface area contributed by atoms with Gasteiger partial charge >= 0.3 is 5.97 Å². The predicted octanol–water partition coefficient (Wildman–Crippen LogP) is 3.24. The maximum atomic E-state index is 12.7. The van der Waals surface area contributed by atoms with Crippen LogP contribution in [0, 0.1) is 0 Å². The van der Waals surface area contributed by atoms with E-state index in [-0.39, 0.29) is 18.2 Å². The van der Waals surface area contributed by atoms with E-state index in [1.165, 1.54) is 7.11 Å². The fraction of sp³-hybridized carbons (Fsp3) is 0.176. The quantitative estimate of drug-likeness (QED) is 0.798. The first kappa shape index (κ1) is 13.9. The Balaban J connectivity index is 2.08. The Hall–Kier alpha value is -2.07. The molecule has 0 amide bonds. The Morgan fingerprint density at radius 2 is 1.90 bits per heavy atom. The molecule has 0 fully saturated rings. The number of fused-ring (bicyclic) bond motifs is 2. The van der Waals surface area contributed by atoms with E-state index in [2.05, 4.69) is 0 Å². The van der Waals surface area contributed by atoms with Gasteiger partial charge in [0.15, 0.2) is 5.78 Å². The third-order valence-corrected chi connectivity index (χ3v) is 4.76. The SMILES string of the molecule is COC(=O)Cc1cccc2c1SCc1ccccc1C2=O. The van der Waals surface area contributed by atoms with Gasteiger partial charge in [0.2, 0.25) is 0 Å². The number of hydrogen-bond acceptors (Lipinski definition) is 4. The smallest absolute Gasteiger partial charge is 0.310 e. The molecule has 3 nitrogen and oxygen atoms in total. The second kappa shape index (κ2) is 5.74. The number of ketones is 1. The number of thioether (sulfide) groups is 1. The zero-order valence-electron chi connectivity index (χ0n) is 11.6. The van der Waals surface area contributed by atoms with Crippen LogP contribution in [0.1, 0.15) is 27.0 Å². The molecule has 0 radical (unpaired) electrons. The number of hydrogen-bond donors (Lipinski definition) is 0. The van der Waals surface area contributed by atoms with E-state index in [0.29, 0.717) is 5.56 Å². The summed E-state index contributed by atoms with van der Waals surface area (Å²) < 4.78 is 4.73. The summed E-state index contributed by atoms with van der Waals surface area (Å²) in [4.78, 5) is 25.1. The topological polar surface area (TPSA) is 43.4 Å². The Labute approximate surface area is 127 Å². The third-order valence-electron chi connectivity index (χ3n) is 3.54. The normalized spacial score (nSPS) is 13.1. The summed E-state index contributed by atoms with van der Waals surface area (Å²) in [5, 5.41) is 0. The Kier molecular flexibility index (Phi) is 3.80. The van der Waals surface area contributed by atoms with Crippen molar-refractivity contribution >= 4 is 23.5 Å². The van der Waals surface area contributed by atoms with Gasteiger partial charge in [-0.05, 0) is 17.2 Å². The lowest BCUT2D eigenvalue weighted by Gasteiger charge is -2.10. The number of carbonyl (C=O) groups excluding carboxylic acids is 2. The minimum atomic E-state index is -0.293. The van der Waals surface area contributed by atoms with Crippen molar-refractivity contribution in [3.05, 3.63) is 64.7 Å². The van der Waals surface area contributed by atoms with Crippen molar-refractivity contribution in [1.82, 2.24) is 0 Å². The average molecular weight is 298 g/mol. The first-order valence-corrected chi connectivity index (χ1v) is 7.63. The summed E-state index contributed by atoms with van der Waals surface area (Å²) >= 11 is 1.61. The molecule has 106 valence electrons. The molecule has 1 aliphatic heterocycles. The van der Waals surface area contributed by atoms with Crippen LogP contribution in [0.5, 0.6) is 0 Å². The van der Waals surface area contributed by atoms with Crippen molar-refractivity contribution in [2.45, 2.75) is 17.1 Å². The molecular weight excluding hydrogens is 284 g/mol. The number of benzene rings is 2. The molecule has 21 heavy (non-hydrogen) atoms. The molecule has 2 aromatic rings. The molecule has 1 heterocycles. The minimum absolute atomic E-state index is 0.0253. The molecule has 2 aromatic carbocycles. The first-order valence-electron chi connectivity index (χ1n) is 6.65.